The van der Waals surface area contributed by atoms with Gasteiger partial charge in [0.15, 0.2) is 0 Å². The van der Waals surface area contributed by atoms with Gasteiger partial charge >= 0.3 is 0 Å². The van der Waals surface area contributed by atoms with Gasteiger partial charge in [-0.2, -0.15) is 0 Å². The standard InChI is InChI=1S/C19H27NO3/c1-4-22-17-8-11-20(12-9-17)19(21)16-6-5-7-18(14-16)23-13-10-15(2)3/h5-7,10,14,17H,4,8-9,11-13H2,1-3H3. The second-order valence-corrected chi connectivity index (χ2v) is 6.07. The third kappa shape index (κ3) is 5.39. The molecule has 23 heavy (non-hydrogen) atoms. The normalized spacial score (nSPS) is 15.3. The molecule has 4 heteroatoms. The van der Waals surface area contributed by atoms with Gasteiger partial charge in [0.25, 0.3) is 5.91 Å². The summed E-state index contributed by atoms with van der Waals surface area (Å²) in [6.45, 7) is 8.87. The molecule has 4 nitrogen and oxygen atoms in total. The fourth-order valence-electron chi connectivity index (χ4n) is 2.67. The van der Waals surface area contributed by atoms with Crippen molar-refractivity contribution in [3.63, 3.8) is 0 Å². The summed E-state index contributed by atoms with van der Waals surface area (Å²) in [5.41, 5.74) is 1.91. The van der Waals surface area contributed by atoms with Gasteiger partial charge in [-0.25, -0.2) is 0 Å². The minimum Gasteiger partial charge on any atom is -0.490 e. The molecule has 1 aromatic carbocycles. The Labute approximate surface area is 139 Å². The van der Waals surface area contributed by atoms with Crippen molar-refractivity contribution in [3.05, 3.63) is 41.5 Å². The highest BCUT2D eigenvalue weighted by atomic mass is 16.5. The van der Waals surface area contributed by atoms with Gasteiger partial charge < -0.3 is 14.4 Å². The van der Waals surface area contributed by atoms with E-state index in [1.165, 1.54) is 5.57 Å². The lowest BCUT2D eigenvalue weighted by Crippen LogP contribution is -2.40. The molecule has 126 valence electrons. The van der Waals surface area contributed by atoms with Crippen molar-refractivity contribution in [2.45, 2.75) is 39.7 Å². The SMILES string of the molecule is CCOC1CCN(C(=O)c2cccc(OCC=C(C)C)c2)CC1. The molecule has 1 aromatic rings. The number of allylic oxidation sites excluding steroid dienone is 1. The Morgan fingerprint density at radius 2 is 2.04 bits per heavy atom. The van der Waals surface area contributed by atoms with E-state index in [1.807, 2.05) is 56.0 Å². The first-order valence-corrected chi connectivity index (χ1v) is 8.37. The maximum Gasteiger partial charge on any atom is 0.253 e. The van der Waals surface area contributed by atoms with Crippen LogP contribution in [0.15, 0.2) is 35.9 Å². The molecule has 0 atom stereocenters. The van der Waals surface area contributed by atoms with E-state index in [0.717, 1.165) is 38.3 Å². The molecule has 0 aliphatic carbocycles. The summed E-state index contributed by atoms with van der Waals surface area (Å²) in [5.74, 6) is 0.810. The number of nitrogens with zero attached hydrogens (tertiary/aromatic N) is 1. The molecule has 0 radical (unpaired) electrons. The predicted molar refractivity (Wildman–Crippen MR) is 91.9 cm³/mol. The lowest BCUT2D eigenvalue weighted by Gasteiger charge is -2.31. The molecule has 0 unspecified atom stereocenters. The molecular weight excluding hydrogens is 290 g/mol. The molecule has 0 spiro atoms. The zero-order valence-corrected chi connectivity index (χ0v) is 14.4. The summed E-state index contributed by atoms with van der Waals surface area (Å²) in [7, 11) is 0. The van der Waals surface area contributed by atoms with Gasteiger partial charge in [0.2, 0.25) is 0 Å². The van der Waals surface area contributed by atoms with Crippen LogP contribution >= 0.6 is 0 Å². The largest absolute Gasteiger partial charge is 0.490 e. The molecule has 0 N–H and O–H groups in total. The summed E-state index contributed by atoms with van der Waals surface area (Å²) in [4.78, 5) is 14.5. The summed E-state index contributed by atoms with van der Waals surface area (Å²) >= 11 is 0. The van der Waals surface area contributed by atoms with Crippen LogP contribution in [0.2, 0.25) is 0 Å². The smallest absolute Gasteiger partial charge is 0.253 e. The molecule has 2 rings (SSSR count). The van der Waals surface area contributed by atoms with Crippen LogP contribution < -0.4 is 4.74 Å². The summed E-state index contributed by atoms with van der Waals surface area (Å²) in [6, 6.07) is 7.44. The highest BCUT2D eigenvalue weighted by Crippen LogP contribution is 2.19. The van der Waals surface area contributed by atoms with Crippen LogP contribution in [-0.4, -0.2) is 43.2 Å². The van der Waals surface area contributed by atoms with Crippen molar-refractivity contribution in [1.82, 2.24) is 4.90 Å². The van der Waals surface area contributed by atoms with E-state index in [1.54, 1.807) is 0 Å². The minimum absolute atomic E-state index is 0.0765. The Morgan fingerprint density at radius 1 is 1.30 bits per heavy atom. The van der Waals surface area contributed by atoms with E-state index < -0.39 is 0 Å². The van der Waals surface area contributed by atoms with Crippen molar-refractivity contribution < 1.29 is 14.3 Å². The molecule has 0 aromatic heterocycles. The van der Waals surface area contributed by atoms with Gasteiger partial charge in [-0.3, -0.25) is 4.79 Å². The molecule has 0 saturated carbocycles. The average Bonchev–Trinajstić information content (AvgIpc) is 2.55. The number of amides is 1. The first-order valence-electron chi connectivity index (χ1n) is 8.37. The van der Waals surface area contributed by atoms with Crippen LogP contribution in [0, 0.1) is 0 Å². The number of piperidine rings is 1. The Balaban J connectivity index is 1.93. The first kappa shape index (κ1) is 17.5. The Morgan fingerprint density at radius 3 is 2.70 bits per heavy atom. The lowest BCUT2D eigenvalue weighted by molar-refractivity contribution is 0.0146. The van der Waals surface area contributed by atoms with E-state index in [4.69, 9.17) is 9.47 Å². The quantitative estimate of drug-likeness (QED) is 0.751. The van der Waals surface area contributed by atoms with Crippen LogP contribution in [0.4, 0.5) is 0 Å². The maximum absolute atomic E-state index is 12.6. The van der Waals surface area contributed by atoms with Gasteiger partial charge in [-0.1, -0.05) is 11.6 Å². The van der Waals surface area contributed by atoms with Crippen LogP contribution in [0.5, 0.6) is 5.75 Å². The van der Waals surface area contributed by atoms with Crippen LogP contribution in [0.25, 0.3) is 0 Å². The molecule has 1 aliphatic rings. The Hall–Kier alpha value is -1.81. The number of hydrogen-bond acceptors (Lipinski definition) is 3. The number of carbonyl (C=O) groups excluding carboxylic acids is 1. The van der Waals surface area contributed by atoms with Gasteiger partial charge in [0.05, 0.1) is 6.10 Å². The molecule has 0 bridgehead atoms. The number of carbonyl (C=O) groups is 1. The Kier molecular flexibility index (Phi) is 6.66. The van der Waals surface area contributed by atoms with Crippen molar-refractivity contribution in [2.75, 3.05) is 26.3 Å². The number of ether oxygens (including phenoxy) is 2. The van der Waals surface area contributed by atoms with Crippen LogP contribution in [-0.2, 0) is 4.74 Å². The number of benzene rings is 1. The van der Waals surface area contributed by atoms with Gasteiger partial charge in [-0.15, -0.1) is 0 Å². The van der Waals surface area contributed by atoms with Crippen molar-refractivity contribution in [3.8, 4) is 5.75 Å². The van der Waals surface area contributed by atoms with E-state index in [-0.39, 0.29) is 5.91 Å². The molecule has 1 heterocycles. The third-order valence-electron chi connectivity index (χ3n) is 3.95. The van der Waals surface area contributed by atoms with E-state index in [9.17, 15) is 4.79 Å². The van der Waals surface area contributed by atoms with Gasteiger partial charge in [0.1, 0.15) is 12.4 Å². The number of hydrogen-bond donors (Lipinski definition) is 0. The van der Waals surface area contributed by atoms with Crippen LogP contribution in [0.1, 0.15) is 44.0 Å². The first-order chi connectivity index (χ1) is 11.1. The zero-order chi connectivity index (χ0) is 16.7. The van der Waals surface area contributed by atoms with E-state index >= 15 is 0 Å². The molecular formula is C19H27NO3. The molecule has 1 amide bonds. The average molecular weight is 317 g/mol. The second-order valence-electron chi connectivity index (χ2n) is 6.07. The Bertz CT molecular complexity index is 541. The summed E-state index contributed by atoms with van der Waals surface area (Å²) in [5, 5.41) is 0. The molecule has 1 fully saturated rings. The lowest BCUT2D eigenvalue weighted by atomic mass is 10.1. The van der Waals surface area contributed by atoms with Crippen LogP contribution in [0.3, 0.4) is 0 Å². The topological polar surface area (TPSA) is 38.8 Å². The van der Waals surface area contributed by atoms with Crippen molar-refractivity contribution >= 4 is 5.91 Å². The number of likely N-dealkylation sites (tertiary alicyclic amines) is 1. The van der Waals surface area contributed by atoms with Gasteiger partial charge in [0, 0.05) is 25.3 Å². The zero-order valence-electron chi connectivity index (χ0n) is 14.4. The predicted octanol–water partition coefficient (Wildman–Crippen LogP) is 3.67. The molecule has 1 aliphatic heterocycles. The highest BCUT2D eigenvalue weighted by Gasteiger charge is 2.23. The van der Waals surface area contributed by atoms with Crippen molar-refractivity contribution in [2.24, 2.45) is 0 Å². The van der Waals surface area contributed by atoms with E-state index in [0.29, 0.717) is 18.3 Å². The van der Waals surface area contributed by atoms with E-state index in [2.05, 4.69) is 0 Å². The summed E-state index contributed by atoms with van der Waals surface area (Å²) < 4.78 is 11.3. The second kappa shape index (κ2) is 8.73. The fourth-order valence-corrected chi connectivity index (χ4v) is 2.67. The van der Waals surface area contributed by atoms with Gasteiger partial charge in [-0.05, 0) is 57.9 Å². The minimum atomic E-state index is 0.0765. The monoisotopic (exact) mass is 317 g/mol. The highest BCUT2D eigenvalue weighted by molar-refractivity contribution is 5.94. The summed E-state index contributed by atoms with van der Waals surface area (Å²) in [6.07, 6.45) is 4.14. The fraction of sp³-hybridized carbons (Fsp3) is 0.526. The number of rotatable bonds is 6. The maximum atomic E-state index is 12.6. The third-order valence-corrected chi connectivity index (χ3v) is 3.95. The molecule has 1 saturated heterocycles. The van der Waals surface area contributed by atoms with Crippen molar-refractivity contribution in [1.29, 1.82) is 0 Å².